The summed E-state index contributed by atoms with van der Waals surface area (Å²) in [5.74, 6) is 0.0180. The lowest BCUT2D eigenvalue weighted by Crippen LogP contribution is -2.41. The Hall–Kier alpha value is -1.31. The molecule has 2 nitrogen and oxygen atoms in total. The maximum Gasteiger partial charge on any atom is 0.251 e. The van der Waals surface area contributed by atoms with Crippen LogP contribution in [0, 0.1) is 0 Å². The summed E-state index contributed by atoms with van der Waals surface area (Å²) in [6.07, 6.45) is 2.36. The van der Waals surface area contributed by atoms with Crippen molar-refractivity contribution in [2.75, 3.05) is 0 Å². The number of carbonyl (C=O) groups is 1. The minimum atomic E-state index is -0.207. The molecular formula is C19H29NO. The van der Waals surface area contributed by atoms with Crippen molar-refractivity contribution in [2.45, 2.75) is 77.7 Å². The van der Waals surface area contributed by atoms with Crippen LogP contribution in [0.1, 0.15) is 82.8 Å². The molecule has 0 atom stereocenters. The Morgan fingerprint density at radius 3 is 2.05 bits per heavy atom. The largest absolute Gasteiger partial charge is 0.347 e. The van der Waals surface area contributed by atoms with Crippen LogP contribution in [-0.2, 0) is 10.8 Å². The van der Waals surface area contributed by atoms with Gasteiger partial charge in [-0.2, -0.15) is 0 Å². The van der Waals surface area contributed by atoms with Gasteiger partial charge in [0.1, 0.15) is 0 Å². The summed E-state index contributed by atoms with van der Waals surface area (Å²) < 4.78 is 0. The van der Waals surface area contributed by atoms with Gasteiger partial charge in [0, 0.05) is 11.1 Å². The number of nitrogens with one attached hydrogen (secondary N) is 1. The quantitative estimate of drug-likeness (QED) is 0.805. The van der Waals surface area contributed by atoms with Crippen LogP contribution in [0.2, 0.25) is 0 Å². The third kappa shape index (κ3) is 3.30. The molecule has 21 heavy (non-hydrogen) atoms. The van der Waals surface area contributed by atoms with Gasteiger partial charge in [0.25, 0.3) is 5.91 Å². The van der Waals surface area contributed by atoms with Gasteiger partial charge in [-0.1, -0.05) is 33.8 Å². The monoisotopic (exact) mass is 287 g/mol. The zero-order valence-corrected chi connectivity index (χ0v) is 14.6. The lowest BCUT2D eigenvalue weighted by Gasteiger charge is -2.42. The summed E-state index contributed by atoms with van der Waals surface area (Å²) >= 11 is 0. The average Bonchev–Trinajstić information content (AvgIpc) is 2.33. The fourth-order valence-corrected chi connectivity index (χ4v) is 3.14. The number of rotatable bonds is 1. The van der Waals surface area contributed by atoms with Gasteiger partial charge < -0.3 is 5.32 Å². The standard InChI is InChI=1S/C19H29NO/c1-17(2,3)20-16(21)13-8-9-14-15(12-13)19(6,7)11-10-18(14,4)5/h8-9,12H,10-11H2,1-7H3,(H,20,21). The predicted octanol–water partition coefficient (Wildman–Crippen LogP) is 4.56. The van der Waals surface area contributed by atoms with Gasteiger partial charge in [-0.3, -0.25) is 4.79 Å². The van der Waals surface area contributed by atoms with E-state index in [0.717, 1.165) is 12.0 Å². The van der Waals surface area contributed by atoms with Crippen LogP contribution >= 0.6 is 0 Å². The maximum atomic E-state index is 12.4. The second kappa shape index (κ2) is 4.86. The Morgan fingerprint density at radius 1 is 1.00 bits per heavy atom. The molecule has 1 aliphatic carbocycles. The molecule has 0 bridgehead atoms. The van der Waals surface area contributed by atoms with Gasteiger partial charge >= 0.3 is 0 Å². The van der Waals surface area contributed by atoms with Gasteiger partial charge in [0.05, 0.1) is 0 Å². The summed E-state index contributed by atoms with van der Waals surface area (Å²) in [5.41, 5.74) is 3.63. The smallest absolute Gasteiger partial charge is 0.251 e. The first-order valence-electron chi connectivity index (χ1n) is 7.90. The summed E-state index contributed by atoms with van der Waals surface area (Å²) in [7, 11) is 0. The van der Waals surface area contributed by atoms with Crippen LogP contribution in [0.4, 0.5) is 0 Å². The zero-order chi connectivity index (χ0) is 16.1. The van der Waals surface area contributed by atoms with Crippen LogP contribution in [0.15, 0.2) is 18.2 Å². The van der Waals surface area contributed by atoms with Gasteiger partial charge in [-0.25, -0.2) is 0 Å². The van der Waals surface area contributed by atoms with Crippen molar-refractivity contribution in [3.05, 3.63) is 34.9 Å². The maximum absolute atomic E-state index is 12.4. The third-order valence-electron chi connectivity index (χ3n) is 4.60. The fourth-order valence-electron chi connectivity index (χ4n) is 3.14. The van der Waals surface area contributed by atoms with Gasteiger partial charge in [0.2, 0.25) is 0 Å². The van der Waals surface area contributed by atoms with Crippen molar-refractivity contribution in [3.63, 3.8) is 0 Å². The fraction of sp³-hybridized carbons (Fsp3) is 0.632. The molecule has 1 aromatic rings. The molecule has 0 heterocycles. The van der Waals surface area contributed by atoms with E-state index in [0.29, 0.717) is 0 Å². The van der Waals surface area contributed by atoms with Crippen LogP contribution in [0.5, 0.6) is 0 Å². The van der Waals surface area contributed by atoms with E-state index in [1.165, 1.54) is 17.5 Å². The van der Waals surface area contributed by atoms with Crippen molar-refractivity contribution in [1.29, 1.82) is 0 Å². The van der Waals surface area contributed by atoms with E-state index in [2.05, 4.69) is 45.1 Å². The van der Waals surface area contributed by atoms with Crippen LogP contribution in [-0.4, -0.2) is 11.4 Å². The Kier molecular flexibility index (Phi) is 3.72. The molecule has 0 spiro atoms. The molecule has 116 valence electrons. The normalized spacial score (nSPS) is 19.8. The molecule has 2 rings (SSSR count). The van der Waals surface area contributed by atoms with Crippen molar-refractivity contribution < 1.29 is 4.79 Å². The first-order chi connectivity index (χ1) is 9.42. The van der Waals surface area contributed by atoms with Crippen molar-refractivity contribution in [2.24, 2.45) is 0 Å². The number of carbonyl (C=O) groups excluding carboxylic acids is 1. The number of hydrogen-bond donors (Lipinski definition) is 1. The molecular weight excluding hydrogens is 258 g/mol. The summed E-state index contributed by atoms with van der Waals surface area (Å²) in [5, 5.41) is 3.05. The lowest BCUT2D eigenvalue weighted by molar-refractivity contribution is 0.0919. The molecule has 0 aromatic heterocycles. The van der Waals surface area contributed by atoms with Crippen LogP contribution in [0.25, 0.3) is 0 Å². The van der Waals surface area contributed by atoms with E-state index in [4.69, 9.17) is 0 Å². The van der Waals surface area contributed by atoms with E-state index in [1.54, 1.807) is 0 Å². The minimum absolute atomic E-state index is 0.0180. The Labute approximate surface area is 129 Å². The molecule has 1 N–H and O–H groups in total. The van der Waals surface area contributed by atoms with Crippen molar-refractivity contribution >= 4 is 5.91 Å². The molecule has 0 fully saturated rings. The van der Waals surface area contributed by atoms with Gasteiger partial charge in [-0.05, 0) is 67.7 Å². The number of fused-ring (bicyclic) bond motifs is 1. The average molecular weight is 287 g/mol. The predicted molar refractivity (Wildman–Crippen MR) is 88.9 cm³/mol. The Morgan fingerprint density at radius 2 is 1.52 bits per heavy atom. The second-order valence-electron chi connectivity index (χ2n) is 8.73. The Balaban J connectivity index is 2.44. The number of hydrogen-bond acceptors (Lipinski definition) is 1. The topological polar surface area (TPSA) is 29.1 Å². The van der Waals surface area contributed by atoms with Crippen molar-refractivity contribution in [1.82, 2.24) is 5.32 Å². The highest BCUT2D eigenvalue weighted by molar-refractivity contribution is 5.95. The summed E-state index contributed by atoms with van der Waals surface area (Å²) in [6.45, 7) is 15.2. The second-order valence-corrected chi connectivity index (χ2v) is 8.73. The van der Waals surface area contributed by atoms with E-state index in [-0.39, 0.29) is 22.3 Å². The molecule has 0 unspecified atom stereocenters. The molecule has 0 radical (unpaired) electrons. The van der Waals surface area contributed by atoms with Gasteiger partial charge in [0.15, 0.2) is 0 Å². The first kappa shape index (κ1) is 16.1. The first-order valence-corrected chi connectivity index (χ1v) is 7.90. The van der Waals surface area contributed by atoms with Crippen LogP contribution < -0.4 is 5.32 Å². The highest BCUT2D eigenvalue weighted by Gasteiger charge is 2.37. The minimum Gasteiger partial charge on any atom is -0.347 e. The number of amides is 1. The molecule has 0 saturated heterocycles. The lowest BCUT2D eigenvalue weighted by atomic mass is 9.63. The highest BCUT2D eigenvalue weighted by Crippen LogP contribution is 2.45. The highest BCUT2D eigenvalue weighted by atomic mass is 16.1. The van der Waals surface area contributed by atoms with E-state index >= 15 is 0 Å². The van der Waals surface area contributed by atoms with E-state index in [1.807, 2.05) is 26.8 Å². The zero-order valence-electron chi connectivity index (χ0n) is 14.6. The summed E-state index contributed by atoms with van der Waals surface area (Å²) in [6, 6.07) is 6.24. The molecule has 2 heteroatoms. The molecule has 1 aliphatic rings. The van der Waals surface area contributed by atoms with Crippen molar-refractivity contribution in [3.8, 4) is 0 Å². The number of benzene rings is 1. The molecule has 0 saturated carbocycles. The molecule has 1 aromatic carbocycles. The SMILES string of the molecule is CC(C)(C)NC(=O)c1ccc2c(c1)C(C)(C)CCC2(C)C. The van der Waals surface area contributed by atoms with Gasteiger partial charge in [-0.15, -0.1) is 0 Å². The molecule has 0 aliphatic heterocycles. The molecule has 1 amide bonds. The summed E-state index contributed by atoms with van der Waals surface area (Å²) in [4.78, 5) is 12.4. The third-order valence-corrected chi connectivity index (χ3v) is 4.60. The van der Waals surface area contributed by atoms with E-state index < -0.39 is 0 Å². The Bertz CT molecular complexity index is 561. The van der Waals surface area contributed by atoms with Crippen LogP contribution in [0.3, 0.4) is 0 Å². The van der Waals surface area contributed by atoms with E-state index in [9.17, 15) is 4.79 Å².